The van der Waals surface area contributed by atoms with E-state index in [-0.39, 0.29) is 11.9 Å². The van der Waals surface area contributed by atoms with Crippen LogP contribution in [0.1, 0.15) is 40.2 Å². The number of rotatable bonds is 4. The van der Waals surface area contributed by atoms with Crippen molar-refractivity contribution in [2.24, 2.45) is 0 Å². The van der Waals surface area contributed by atoms with Crippen molar-refractivity contribution >= 4 is 22.9 Å². The number of amides is 1. The van der Waals surface area contributed by atoms with E-state index >= 15 is 0 Å². The maximum atomic E-state index is 12.4. The third kappa shape index (κ3) is 2.56. The lowest BCUT2D eigenvalue weighted by atomic mass is 10.1. The summed E-state index contributed by atoms with van der Waals surface area (Å²) in [6.45, 7) is 3.06. The first-order chi connectivity index (χ1) is 9.78. The van der Waals surface area contributed by atoms with Gasteiger partial charge in [0, 0.05) is 22.7 Å². The molecule has 0 saturated carbocycles. The summed E-state index contributed by atoms with van der Waals surface area (Å²) in [5.41, 5.74) is 3.13. The summed E-state index contributed by atoms with van der Waals surface area (Å²) in [4.78, 5) is 13.6. The van der Waals surface area contributed by atoms with Crippen molar-refractivity contribution in [2.75, 3.05) is 11.9 Å². The molecule has 1 aromatic heterocycles. The third-order valence-electron chi connectivity index (χ3n) is 3.68. The van der Waals surface area contributed by atoms with Crippen molar-refractivity contribution in [1.82, 2.24) is 5.32 Å². The molecule has 1 aliphatic rings. The topological polar surface area (TPSA) is 41.1 Å². The number of fused-ring (bicyclic) bond motifs is 1. The Kier molecular flexibility index (Phi) is 3.74. The number of hydrogen-bond acceptors (Lipinski definition) is 3. The van der Waals surface area contributed by atoms with E-state index in [9.17, 15) is 4.79 Å². The van der Waals surface area contributed by atoms with Gasteiger partial charge in [-0.15, -0.1) is 11.3 Å². The van der Waals surface area contributed by atoms with Gasteiger partial charge >= 0.3 is 0 Å². The summed E-state index contributed by atoms with van der Waals surface area (Å²) in [5.74, 6) is 0.00162. The molecule has 0 bridgehead atoms. The first-order valence-electron chi connectivity index (χ1n) is 6.99. The lowest BCUT2D eigenvalue weighted by molar-refractivity contribution is 0.0936. The van der Waals surface area contributed by atoms with Gasteiger partial charge in [0.15, 0.2) is 0 Å². The highest BCUT2D eigenvalue weighted by atomic mass is 32.1. The molecule has 1 amide bonds. The number of benzene rings is 1. The van der Waals surface area contributed by atoms with E-state index in [0.717, 1.165) is 30.6 Å². The van der Waals surface area contributed by atoms with Gasteiger partial charge in [-0.1, -0.05) is 19.1 Å². The molecule has 2 N–H and O–H groups in total. The molecule has 2 heterocycles. The summed E-state index contributed by atoms with van der Waals surface area (Å²) in [6, 6.07) is 10.1. The number of hydrogen-bond donors (Lipinski definition) is 2. The van der Waals surface area contributed by atoms with Crippen molar-refractivity contribution in [3.05, 3.63) is 51.7 Å². The molecule has 3 rings (SSSR count). The molecule has 3 nitrogen and oxygen atoms in total. The predicted octanol–water partition coefficient (Wildman–Crippen LogP) is 3.60. The predicted molar refractivity (Wildman–Crippen MR) is 83.5 cm³/mol. The van der Waals surface area contributed by atoms with E-state index in [0.29, 0.717) is 0 Å². The van der Waals surface area contributed by atoms with Gasteiger partial charge in [-0.3, -0.25) is 4.79 Å². The van der Waals surface area contributed by atoms with E-state index < -0.39 is 0 Å². The molecule has 0 saturated heterocycles. The number of carbonyl (C=O) groups excluding carboxylic acids is 1. The van der Waals surface area contributed by atoms with Crippen molar-refractivity contribution in [1.29, 1.82) is 0 Å². The lowest BCUT2D eigenvalue weighted by Crippen LogP contribution is -2.27. The van der Waals surface area contributed by atoms with Gasteiger partial charge in [-0.25, -0.2) is 0 Å². The zero-order valence-corrected chi connectivity index (χ0v) is 12.3. The van der Waals surface area contributed by atoms with Gasteiger partial charge in [-0.2, -0.15) is 0 Å². The van der Waals surface area contributed by atoms with Gasteiger partial charge in [0.1, 0.15) is 0 Å². The maximum Gasteiger partial charge on any atom is 0.251 e. The van der Waals surface area contributed by atoms with Crippen molar-refractivity contribution in [3.8, 4) is 0 Å². The first kappa shape index (κ1) is 13.2. The molecule has 0 aliphatic carbocycles. The second-order valence-electron chi connectivity index (χ2n) is 5.00. The van der Waals surface area contributed by atoms with Crippen LogP contribution in [0.2, 0.25) is 0 Å². The molecule has 0 fully saturated rings. The average molecular weight is 286 g/mol. The van der Waals surface area contributed by atoms with E-state index in [1.54, 1.807) is 11.3 Å². The SMILES string of the molecule is CCC(NC(=O)c1ccc2c(c1)NCC2)c1cccs1. The van der Waals surface area contributed by atoms with E-state index in [2.05, 4.69) is 29.7 Å². The molecule has 1 aromatic carbocycles. The Hall–Kier alpha value is -1.81. The highest BCUT2D eigenvalue weighted by Gasteiger charge is 2.17. The fourth-order valence-electron chi connectivity index (χ4n) is 2.54. The van der Waals surface area contributed by atoms with Crippen LogP contribution in [0.4, 0.5) is 5.69 Å². The van der Waals surface area contributed by atoms with Crippen LogP contribution in [0.25, 0.3) is 0 Å². The number of nitrogens with one attached hydrogen (secondary N) is 2. The Morgan fingerprint density at radius 2 is 2.35 bits per heavy atom. The van der Waals surface area contributed by atoms with Gasteiger partial charge in [0.25, 0.3) is 5.91 Å². The van der Waals surface area contributed by atoms with Crippen LogP contribution in [0.5, 0.6) is 0 Å². The zero-order valence-electron chi connectivity index (χ0n) is 11.5. The van der Waals surface area contributed by atoms with Crippen LogP contribution in [0.15, 0.2) is 35.7 Å². The fourth-order valence-corrected chi connectivity index (χ4v) is 3.40. The van der Waals surface area contributed by atoms with Gasteiger partial charge < -0.3 is 10.6 Å². The van der Waals surface area contributed by atoms with Crippen LogP contribution in [-0.2, 0) is 6.42 Å². The van der Waals surface area contributed by atoms with E-state index in [1.807, 2.05) is 23.6 Å². The Morgan fingerprint density at radius 3 is 3.10 bits per heavy atom. The summed E-state index contributed by atoms with van der Waals surface area (Å²) in [5, 5.41) is 8.48. The molecule has 1 atom stereocenters. The molecule has 0 radical (unpaired) electrons. The monoisotopic (exact) mass is 286 g/mol. The third-order valence-corrected chi connectivity index (χ3v) is 4.67. The van der Waals surface area contributed by atoms with Crippen LogP contribution in [0.3, 0.4) is 0 Å². The minimum Gasteiger partial charge on any atom is -0.384 e. The molecule has 0 spiro atoms. The second kappa shape index (κ2) is 5.67. The van der Waals surface area contributed by atoms with Crippen LogP contribution >= 0.6 is 11.3 Å². The summed E-state index contributed by atoms with van der Waals surface area (Å²) < 4.78 is 0. The molecular formula is C16H18N2OS. The highest BCUT2D eigenvalue weighted by Crippen LogP contribution is 2.25. The Balaban J connectivity index is 1.75. The largest absolute Gasteiger partial charge is 0.384 e. The number of thiophene rings is 1. The summed E-state index contributed by atoms with van der Waals surface area (Å²) in [7, 11) is 0. The van der Waals surface area contributed by atoms with Crippen LogP contribution in [0, 0.1) is 0 Å². The quantitative estimate of drug-likeness (QED) is 0.901. The van der Waals surface area contributed by atoms with Crippen LogP contribution < -0.4 is 10.6 Å². The standard InChI is InChI=1S/C16H18N2OS/c1-2-13(15-4-3-9-20-15)18-16(19)12-6-5-11-7-8-17-14(11)10-12/h3-6,9-10,13,17H,2,7-8H2,1H3,(H,18,19). The molecule has 1 aliphatic heterocycles. The Bertz CT molecular complexity index is 607. The first-order valence-corrected chi connectivity index (χ1v) is 7.87. The van der Waals surface area contributed by atoms with Crippen molar-refractivity contribution < 1.29 is 4.79 Å². The van der Waals surface area contributed by atoms with Crippen LogP contribution in [-0.4, -0.2) is 12.5 Å². The lowest BCUT2D eigenvalue weighted by Gasteiger charge is -2.16. The molecule has 104 valence electrons. The molecule has 2 aromatic rings. The Morgan fingerprint density at radius 1 is 1.45 bits per heavy atom. The zero-order chi connectivity index (χ0) is 13.9. The Labute approximate surface area is 123 Å². The summed E-state index contributed by atoms with van der Waals surface area (Å²) >= 11 is 1.69. The molecule has 20 heavy (non-hydrogen) atoms. The molecular weight excluding hydrogens is 268 g/mol. The number of anilines is 1. The van der Waals surface area contributed by atoms with Gasteiger partial charge in [-0.05, 0) is 42.0 Å². The highest BCUT2D eigenvalue weighted by molar-refractivity contribution is 7.10. The maximum absolute atomic E-state index is 12.4. The second-order valence-corrected chi connectivity index (χ2v) is 5.98. The normalized spacial score (nSPS) is 14.4. The average Bonchev–Trinajstić information content (AvgIpc) is 3.14. The van der Waals surface area contributed by atoms with E-state index in [1.165, 1.54) is 10.4 Å². The van der Waals surface area contributed by atoms with Gasteiger partial charge in [0.2, 0.25) is 0 Å². The molecule has 4 heteroatoms. The van der Waals surface area contributed by atoms with Gasteiger partial charge in [0.05, 0.1) is 6.04 Å². The smallest absolute Gasteiger partial charge is 0.251 e. The van der Waals surface area contributed by atoms with E-state index in [4.69, 9.17) is 0 Å². The minimum atomic E-state index is 0.00162. The molecule has 1 unspecified atom stereocenters. The number of carbonyl (C=O) groups is 1. The van der Waals surface area contributed by atoms with Crippen molar-refractivity contribution in [2.45, 2.75) is 25.8 Å². The summed E-state index contributed by atoms with van der Waals surface area (Å²) in [6.07, 6.45) is 1.94. The fraction of sp³-hybridized carbons (Fsp3) is 0.312. The minimum absolute atomic E-state index is 0.00162. The van der Waals surface area contributed by atoms with Crippen molar-refractivity contribution in [3.63, 3.8) is 0 Å².